The van der Waals surface area contributed by atoms with Crippen LogP contribution >= 0.6 is 0 Å². The summed E-state index contributed by atoms with van der Waals surface area (Å²) in [7, 11) is 0. The van der Waals surface area contributed by atoms with Gasteiger partial charge in [0.2, 0.25) is 0 Å². The number of aromatic nitrogens is 5. The number of piperidine rings is 1. The van der Waals surface area contributed by atoms with Crippen molar-refractivity contribution in [2.75, 3.05) is 18.0 Å². The van der Waals surface area contributed by atoms with Crippen LogP contribution in [0.2, 0.25) is 0 Å². The molecule has 29 heavy (non-hydrogen) atoms. The monoisotopic (exact) mass is 388 g/mol. The predicted octanol–water partition coefficient (Wildman–Crippen LogP) is 2.89. The van der Waals surface area contributed by atoms with Gasteiger partial charge in [-0.05, 0) is 61.9 Å². The van der Waals surface area contributed by atoms with E-state index in [0.717, 1.165) is 48.7 Å². The molecule has 7 nitrogen and oxygen atoms in total. The molecule has 148 valence electrons. The van der Waals surface area contributed by atoms with E-state index >= 15 is 0 Å². The van der Waals surface area contributed by atoms with Gasteiger partial charge in [-0.2, -0.15) is 10.2 Å². The van der Waals surface area contributed by atoms with Gasteiger partial charge in [0, 0.05) is 49.6 Å². The van der Waals surface area contributed by atoms with Gasteiger partial charge >= 0.3 is 0 Å². The van der Waals surface area contributed by atoms with Crippen LogP contribution in [0.25, 0.3) is 11.3 Å². The first kappa shape index (κ1) is 18.0. The van der Waals surface area contributed by atoms with E-state index in [1.165, 1.54) is 12.8 Å². The molecule has 0 bridgehead atoms. The van der Waals surface area contributed by atoms with Crippen LogP contribution in [0.4, 0.5) is 5.82 Å². The topological polar surface area (TPSA) is 76.8 Å². The molecular formula is C22H24N6O. The van der Waals surface area contributed by atoms with Gasteiger partial charge in [0.05, 0.1) is 11.4 Å². The zero-order valence-corrected chi connectivity index (χ0v) is 16.3. The molecule has 3 aromatic heterocycles. The van der Waals surface area contributed by atoms with Crippen molar-refractivity contribution in [1.82, 2.24) is 25.0 Å². The normalized spacial score (nSPS) is 17.4. The Labute approximate surface area is 169 Å². The molecule has 7 heteroatoms. The van der Waals surface area contributed by atoms with Crippen LogP contribution in [0, 0.1) is 5.92 Å². The maximum Gasteiger partial charge on any atom is 0.266 e. The van der Waals surface area contributed by atoms with Gasteiger partial charge in [-0.25, -0.2) is 4.68 Å². The molecule has 4 heterocycles. The van der Waals surface area contributed by atoms with E-state index in [9.17, 15) is 4.79 Å². The zero-order chi connectivity index (χ0) is 19.6. The lowest BCUT2D eigenvalue weighted by Crippen LogP contribution is -2.37. The van der Waals surface area contributed by atoms with Gasteiger partial charge in [0.25, 0.3) is 5.56 Å². The average Bonchev–Trinajstić information content (AvgIpc) is 3.62. The van der Waals surface area contributed by atoms with Crippen LogP contribution < -0.4 is 10.5 Å². The van der Waals surface area contributed by atoms with E-state index in [1.807, 2.05) is 12.1 Å². The Morgan fingerprint density at radius 3 is 2.38 bits per heavy atom. The van der Waals surface area contributed by atoms with Crippen molar-refractivity contribution in [2.45, 2.75) is 38.1 Å². The molecule has 0 spiro atoms. The Morgan fingerprint density at radius 1 is 0.897 bits per heavy atom. The summed E-state index contributed by atoms with van der Waals surface area (Å²) < 4.78 is 1.61. The third-order valence-electron chi connectivity index (χ3n) is 5.88. The molecule has 1 saturated heterocycles. The largest absolute Gasteiger partial charge is 0.355 e. The molecule has 2 aliphatic rings. The molecule has 2 fully saturated rings. The molecule has 1 saturated carbocycles. The molecule has 0 radical (unpaired) electrons. The maximum atomic E-state index is 12.3. The Balaban J connectivity index is 1.23. The minimum atomic E-state index is -0.0493. The Bertz CT molecular complexity index is 1020. The number of anilines is 1. The number of hydrogen-bond donors (Lipinski definition) is 0. The summed E-state index contributed by atoms with van der Waals surface area (Å²) in [5, 5.41) is 13.4. The van der Waals surface area contributed by atoms with Gasteiger partial charge in [-0.1, -0.05) is 0 Å². The summed E-state index contributed by atoms with van der Waals surface area (Å²) in [5.74, 6) is 2.03. The Hall–Kier alpha value is -3.09. The van der Waals surface area contributed by atoms with Crippen molar-refractivity contribution in [2.24, 2.45) is 5.92 Å². The maximum absolute atomic E-state index is 12.3. The fourth-order valence-electron chi connectivity index (χ4n) is 3.95. The summed E-state index contributed by atoms with van der Waals surface area (Å²) >= 11 is 0. The van der Waals surface area contributed by atoms with E-state index < -0.39 is 0 Å². The highest BCUT2D eigenvalue weighted by Crippen LogP contribution is 2.38. The van der Waals surface area contributed by atoms with Crippen LogP contribution in [-0.4, -0.2) is 38.1 Å². The number of rotatable bonds is 5. The Kier molecular flexibility index (Phi) is 4.79. The predicted molar refractivity (Wildman–Crippen MR) is 111 cm³/mol. The second-order valence-electron chi connectivity index (χ2n) is 8.00. The molecule has 1 aliphatic heterocycles. The smallest absolute Gasteiger partial charge is 0.266 e. The molecule has 3 aromatic rings. The fraction of sp³-hybridized carbons (Fsp3) is 0.409. The molecule has 5 rings (SSSR count). The number of hydrogen-bond acceptors (Lipinski definition) is 6. The molecule has 0 atom stereocenters. The van der Waals surface area contributed by atoms with Crippen molar-refractivity contribution < 1.29 is 0 Å². The SMILES string of the molecule is O=c1ccc(-c2ccncc2)nn1CC1CCN(c2ccc(C3CC3)nn2)CC1. The van der Waals surface area contributed by atoms with Crippen LogP contribution in [0.1, 0.15) is 37.3 Å². The van der Waals surface area contributed by atoms with Crippen LogP contribution in [-0.2, 0) is 6.54 Å². The number of nitrogens with zero attached hydrogens (tertiary/aromatic N) is 6. The van der Waals surface area contributed by atoms with E-state index in [2.05, 4.69) is 37.3 Å². The third kappa shape index (κ3) is 4.04. The summed E-state index contributed by atoms with van der Waals surface area (Å²) in [6.45, 7) is 2.51. The standard InChI is InChI=1S/C22H24N6O/c29-22-6-4-20(18-7-11-23-12-8-18)26-28(22)15-16-9-13-27(14-10-16)21-5-3-19(24-25-21)17-1-2-17/h3-8,11-12,16-17H,1-2,9-10,13-15H2. The summed E-state index contributed by atoms with van der Waals surface area (Å²) in [6, 6.07) is 11.4. The minimum Gasteiger partial charge on any atom is -0.355 e. The minimum absolute atomic E-state index is 0.0493. The van der Waals surface area contributed by atoms with Gasteiger partial charge in [-0.15, -0.1) is 5.10 Å². The summed E-state index contributed by atoms with van der Waals surface area (Å²) in [5.41, 5.74) is 2.85. The molecule has 1 aliphatic carbocycles. The van der Waals surface area contributed by atoms with E-state index in [4.69, 9.17) is 0 Å². The lowest BCUT2D eigenvalue weighted by atomic mass is 9.97. The quantitative estimate of drug-likeness (QED) is 0.669. The first-order valence-electron chi connectivity index (χ1n) is 10.3. The highest BCUT2D eigenvalue weighted by molar-refractivity contribution is 5.57. The second kappa shape index (κ2) is 7.73. The second-order valence-corrected chi connectivity index (χ2v) is 8.00. The fourth-order valence-corrected chi connectivity index (χ4v) is 3.95. The zero-order valence-electron chi connectivity index (χ0n) is 16.3. The lowest BCUT2D eigenvalue weighted by Gasteiger charge is -2.32. The average molecular weight is 388 g/mol. The van der Waals surface area contributed by atoms with E-state index in [0.29, 0.717) is 18.4 Å². The summed E-state index contributed by atoms with van der Waals surface area (Å²) in [4.78, 5) is 18.7. The van der Waals surface area contributed by atoms with Crippen molar-refractivity contribution in [3.63, 3.8) is 0 Å². The first-order valence-corrected chi connectivity index (χ1v) is 10.3. The molecular weight excluding hydrogens is 364 g/mol. The van der Waals surface area contributed by atoms with Gasteiger partial charge in [-0.3, -0.25) is 9.78 Å². The highest BCUT2D eigenvalue weighted by atomic mass is 16.1. The third-order valence-corrected chi connectivity index (χ3v) is 5.88. The van der Waals surface area contributed by atoms with Crippen molar-refractivity contribution in [3.8, 4) is 11.3 Å². The number of pyridine rings is 1. The molecule has 0 aromatic carbocycles. The van der Waals surface area contributed by atoms with Crippen molar-refractivity contribution in [1.29, 1.82) is 0 Å². The Morgan fingerprint density at radius 2 is 1.69 bits per heavy atom. The van der Waals surface area contributed by atoms with Gasteiger partial charge in [0.15, 0.2) is 5.82 Å². The van der Waals surface area contributed by atoms with Crippen LogP contribution in [0.3, 0.4) is 0 Å². The van der Waals surface area contributed by atoms with E-state index in [1.54, 1.807) is 29.2 Å². The lowest BCUT2D eigenvalue weighted by molar-refractivity contribution is 0.335. The van der Waals surface area contributed by atoms with Crippen LogP contribution in [0.15, 0.2) is 53.6 Å². The first-order chi connectivity index (χ1) is 14.3. The van der Waals surface area contributed by atoms with E-state index in [-0.39, 0.29) is 5.56 Å². The van der Waals surface area contributed by atoms with Crippen LogP contribution in [0.5, 0.6) is 0 Å². The molecule has 0 N–H and O–H groups in total. The summed E-state index contributed by atoms with van der Waals surface area (Å²) in [6.07, 6.45) is 7.99. The van der Waals surface area contributed by atoms with Crippen molar-refractivity contribution in [3.05, 3.63) is 64.8 Å². The molecule has 0 unspecified atom stereocenters. The van der Waals surface area contributed by atoms with Gasteiger partial charge in [0.1, 0.15) is 0 Å². The molecule has 0 amide bonds. The van der Waals surface area contributed by atoms with Crippen molar-refractivity contribution >= 4 is 5.82 Å². The van der Waals surface area contributed by atoms with Gasteiger partial charge < -0.3 is 4.90 Å². The highest BCUT2D eigenvalue weighted by Gasteiger charge is 2.26.